The van der Waals surface area contributed by atoms with E-state index in [-0.39, 0.29) is 30.1 Å². The van der Waals surface area contributed by atoms with E-state index < -0.39 is 0 Å². The number of ether oxygens (including phenoxy) is 2. The van der Waals surface area contributed by atoms with Crippen LogP contribution in [0.1, 0.15) is 36.8 Å². The third kappa shape index (κ3) is 6.73. The largest absolute Gasteiger partial charge is 0.468 e. The van der Waals surface area contributed by atoms with Crippen LogP contribution in [0, 0.1) is 11.3 Å². The molecule has 1 aliphatic heterocycles. The highest BCUT2D eigenvalue weighted by Gasteiger charge is 2.31. The molecule has 0 atom stereocenters. The van der Waals surface area contributed by atoms with Crippen molar-refractivity contribution in [2.24, 2.45) is 7.05 Å². The highest BCUT2D eigenvalue weighted by Crippen LogP contribution is 2.30. The first-order valence-electron chi connectivity index (χ1n) is 14.4. The molecule has 1 saturated heterocycles. The number of nitrogens with zero attached hydrogens (tertiary/aromatic N) is 7. The lowest BCUT2D eigenvalue weighted by molar-refractivity contribution is -0.0814. The number of aryl methyl sites for hydroxylation is 1. The molecule has 1 saturated carbocycles. The summed E-state index contributed by atoms with van der Waals surface area (Å²) in [6.45, 7) is 1.39. The van der Waals surface area contributed by atoms with Crippen LogP contribution in [0.3, 0.4) is 0 Å². The fourth-order valence-corrected chi connectivity index (χ4v) is 5.29. The van der Waals surface area contributed by atoms with Crippen molar-refractivity contribution < 1.29 is 14.3 Å². The maximum absolute atomic E-state index is 13.6. The van der Waals surface area contributed by atoms with Gasteiger partial charge in [0.2, 0.25) is 11.8 Å². The van der Waals surface area contributed by atoms with Gasteiger partial charge in [-0.3, -0.25) is 9.58 Å². The summed E-state index contributed by atoms with van der Waals surface area (Å²) in [5.41, 5.74) is 3.22. The van der Waals surface area contributed by atoms with Gasteiger partial charge in [0, 0.05) is 49.2 Å². The van der Waals surface area contributed by atoms with Crippen molar-refractivity contribution in [3.05, 3.63) is 78.4 Å². The van der Waals surface area contributed by atoms with Crippen molar-refractivity contribution in [1.29, 1.82) is 5.26 Å². The summed E-state index contributed by atoms with van der Waals surface area (Å²) < 4.78 is 12.7. The Morgan fingerprint density at radius 3 is 2.53 bits per heavy atom. The lowest BCUT2D eigenvalue weighted by Crippen LogP contribution is -2.49. The van der Waals surface area contributed by atoms with Crippen LogP contribution in [-0.2, 0) is 18.3 Å². The van der Waals surface area contributed by atoms with Crippen molar-refractivity contribution in [3.63, 3.8) is 0 Å². The van der Waals surface area contributed by atoms with E-state index >= 15 is 0 Å². The normalized spacial score (nSPS) is 18.2. The van der Waals surface area contributed by atoms with E-state index in [1.54, 1.807) is 22.0 Å². The first-order valence-corrected chi connectivity index (χ1v) is 14.4. The van der Waals surface area contributed by atoms with Gasteiger partial charge in [-0.25, -0.2) is 14.8 Å². The highest BCUT2D eigenvalue weighted by molar-refractivity contribution is 5.91. The lowest BCUT2D eigenvalue weighted by atomic mass is 9.90. The van der Waals surface area contributed by atoms with Gasteiger partial charge in [-0.2, -0.15) is 15.3 Å². The summed E-state index contributed by atoms with van der Waals surface area (Å²) in [6.07, 6.45) is 10.0. The maximum atomic E-state index is 13.6. The first-order chi connectivity index (χ1) is 21.1. The lowest BCUT2D eigenvalue weighted by Gasteiger charge is -2.36. The molecule has 4 heterocycles. The SMILES string of the molecule is Cn1cc(-c2ccc(N(C(=O)NCc3ccccc3)[C@H]3CC[C@H](Nc4ncc(C#N)c(OC5COC5)n4)CC3)nc2)cn1. The Bertz CT molecular complexity index is 1570. The van der Waals surface area contributed by atoms with E-state index in [1.807, 2.05) is 55.7 Å². The Balaban J connectivity index is 1.14. The quantitative estimate of drug-likeness (QED) is 0.300. The van der Waals surface area contributed by atoms with Crippen LogP contribution in [0.5, 0.6) is 5.88 Å². The standard InChI is InChI=1S/C31H33N9O3/c1-39-18-24(17-36-39)22-7-12-28(33-15-22)40(31(41)35-14-21-5-3-2-4-6-21)26-10-8-25(9-11-26)37-30-34-16-23(13-32)29(38-30)43-27-19-42-20-27/h2-7,12,15-18,25-27H,8-11,14,19-20H2,1H3,(H,35,41)(H,34,37,38)/t25-,26-. The predicted octanol–water partition coefficient (Wildman–Crippen LogP) is 4.06. The predicted molar refractivity (Wildman–Crippen MR) is 159 cm³/mol. The minimum absolute atomic E-state index is 0.0371. The fraction of sp³-hybridized carbons (Fsp3) is 0.355. The number of benzene rings is 1. The monoisotopic (exact) mass is 579 g/mol. The van der Waals surface area contributed by atoms with E-state index in [1.165, 1.54) is 6.20 Å². The third-order valence-electron chi connectivity index (χ3n) is 7.69. The number of anilines is 2. The Morgan fingerprint density at radius 1 is 1.07 bits per heavy atom. The topological polar surface area (TPSA) is 143 Å². The van der Waals surface area contributed by atoms with Gasteiger partial charge < -0.3 is 20.1 Å². The average molecular weight is 580 g/mol. The summed E-state index contributed by atoms with van der Waals surface area (Å²) in [6, 6.07) is 15.7. The number of nitriles is 1. The summed E-state index contributed by atoms with van der Waals surface area (Å²) in [5.74, 6) is 1.29. The first kappa shape index (κ1) is 28.1. The van der Waals surface area contributed by atoms with Crippen molar-refractivity contribution in [3.8, 4) is 23.1 Å². The summed E-state index contributed by atoms with van der Waals surface area (Å²) in [5, 5.41) is 20.2. The van der Waals surface area contributed by atoms with Crippen LogP contribution < -0.4 is 20.3 Å². The van der Waals surface area contributed by atoms with Crippen molar-refractivity contribution >= 4 is 17.8 Å². The van der Waals surface area contributed by atoms with Crippen LogP contribution >= 0.6 is 0 Å². The molecular weight excluding hydrogens is 546 g/mol. The number of pyridine rings is 1. The molecule has 0 unspecified atom stereocenters. The molecule has 220 valence electrons. The molecule has 0 radical (unpaired) electrons. The van der Waals surface area contributed by atoms with Gasteiger partial charge >= 0.3 is 6.03 Å². The van der Waals surface area contributed by atoms with Gasteiger partial charge in [-0.1, -0.05) is 30.3 Å². The molecule has 2 N–H and O–H groups in total. The number of amides is 2. The smallest absolute Gasteiger partial charge is 0.323 e. The molecule has 12 heteroatoms. The number of urea groups is 1. The summed E-state index contributed by atoms with van der Waals surface area (Å²) in [7, 11) is 1.88. The molecule has 6 rings (SSSR count). The second-order valence-corrected chi connectivity index (χ2v) is 10.8. The number of hydrogen-bond acceptors (Lipinski definition) is 9. The number of aromatic nitrogens is 5. The zero-order valence-electron chi connectivity index (χ0n) is 23.9. The molecule has 2 amide bonds. The third-order valence-corrected chi connectivity index (χ3v) is 7.69. The molecule has 4 aromatic rings. The molecule has 2 aliphatic rings. The average Bonchev–Trinajstić information content (AvgIpc) is 3.46. The molecule has 2 fully saturated rings. The van der Waals surface area contributed by atoms with E-state index in [9.17, 15) is 10.1 Å². The van der Waals surface area contributed by atoms with Gasteiger partial charge in [-0.05, 0) is 43.4 Å². The van der Waals surface area contributed by atoms with Gasteiger partial charge in [0.25, 0.3) is 0 Å². The minimum Gasteiger partial charge on any atom is -0.468 e. The van der Waals surface area contributed by atoms with Gasteiger partial charge in [0.15, 0.2) is 0 Å². The second kappa shape index (κ2) is 12.9. The number of hydrogen-bond donors (Lipinski definition) is 2. The van der Waals surface area contributed by atoms with Crippen LogP contribution in [-0.4, -0.2) is 62.2 Å². The minimum atomic E-state index is -0.181. The van der Waals surface area contributed by atoms with Crippen molar-refractivity contribution in [2.75, 3.05) is 23.4 Å². The van der Waals surface area contributed by atoms with Crippen molar-refractivity contribution in [2.45, 2.75) is 50.4 Å². The summed E-state index contributed by atoms with van der Waals surface area (Å²) >= 11 is 0. The van der Waals surface area contributed by atoms with Crippen LogP contribution in [0.4, 0.5) is 16.6 Å². The van der Waals surface area contributed by atoms with E-state index in [2.05, 4.69) is 31.8 Å². The number of carbonyl (C=O) groups excluding carboxylic acids is 1. The maximum Gasteiger partial charge on any atom is 0.323 e. The molecule has 0 spiro atoms. The molecule has 1 aliphatic carbocycles. The Kier molecular flexibility index (Phi) is 8.42. The van der Waals surface area contributed by atoms with Gasteiger partial charge in [0.1, 0.15) is 23.6 Å². The van der Waals surface area contributed by atoms with Crippen LogP contribution in [0.25, 0.3) is 11.1 Å². The molecule has 12 nitrogen and oxygen atoms in total. The summed E-state index contributed by atoms with van der Waals surface area (Å²) in [4.78, 5) is 28.9. The molecule has 43 heavy (non-hydrogen) atoms. The number of carbonyl (C=O) groups is 1. The molecular formula is C31H33N9O3. The Labute approximate surface area is 249 Å². The Hall–Kier alpha value is -5.02. The van der Waals surface area contributed by atoms with Crippen LogP contribution in [0.15, 0.2) is 67.3 Å². The van der Waals surface area contributed by atoms with E-state index in [4.69, 9.17) is 14.5 Å². The van der Waals surface area contributed by atoms with Crippen molar-refractivity contribution in [1.82, 2.24) is 30.0 Å². The highest BCUT2D eigenvalue weighted by atomic mass is 16.6. The number of rotatable bonds is 9. The second-order valence-electron chi connectivity index (χ2n) is 10.8. The van der Waals surface area contributed by atoms with Crippen LogP contribution in [0.2, 0.25) is 0 Å². The van der Waals surface area contributed by atoms with E-state index in [0.29, 0.717) is 37.1 Å². The molecule has 0 bridgehead atoms. The molecule has 1 aromatic carbocycles. The fourth-order valence-electron chi connectivity index (χ4n) is 5.29. The van der Waals surface area contributed by atoms with Gasteiger partial charge in [-0.15, -0.1) is 0 Å². The van der Waals surface area contributed by atoms with E-state index in [0.717, 1.165) is 42.4 Å². The number of nitrogens with one attached hydrogen (secondary N) is 2. The van der Waals surface area contributed by atoms with Gasteiger partial charge in [0.05, 0.1) is 25.6 Å². The molecule has 3 aromatic heterocycles. The Morgan fingerprint density at radius 2 is 1.88 bits per heavy atom. The zero-order chi connectivity index (χ0) is 29.6. The zero-order valence-corrected chi connectivity index (χ0v) is 23.9.